The lowest BCUT2D eigenvalue weighted by atomic mass is 9.91. The second-order valence-electron chi connectivity index (χ2n) is 7.99. The Bertz CT molecular complexity index is 906. The van der Waals surface area contributed by atoms with Gasteiger partial charge in [-0.2, -0.15) is 0 Å². The van der Waals surface area contributed by atoms with Crippen molar-refractivity contribution in [2.45, 2.75) is 58.3 Å². The number of unbranched alkanes of at least 4 members (excludes halogenated alkanes) is 5. The number of ether oxygens (including phenoxy) is 1. The molecule has 1 heterocycles. The van der Waals surface area contributed by atoms with Crippen molar-refractivity contribution in [3.63, 3.8) is 0 Å². The van der Waals surface area contributed by atoms with E-state index in [-0.39, 0.29) is 0 Å². The molecule has 0 fully saturated rings. The van der Waals surface area contributed by atoms with Gasteiger partial charge in [0.1, 0.15) is 11.5 Å². The van der Waals surface area contributed by atoms with Gasteiger partial charge in [-0.3, -0.25) is 4.99 Å². The zero-order valence-corrected chi connectivity index (χ0v) is 17.5. The number of benzene rings is 1. The highest BCUT2D eigenvalue weighted by Gasteiger charge is 2.18. The smallest absolute Gasteiger partial charge is 0.135 e. The third-order valence-corrected chi connectivity index (χ3v) is 5.78. The third kappa shape index (κ3) is 4.87. The fourth-order valence-corrected chi connectivity index (χ4v) is 4.08. The molecule has 4 rings (SSSR count). The van der Waals surface area contributed by atoms with Crippen LogP contribution in [0.2, 0.25) is 0 Å². The number of aryl methyl sites for hydroxylation is 1. The summed E-state index contributed by atoms with van der Waals surface area (Å²) in [4.78, 5) is 4.72. The molecule has 0 amide bonds. The van der Waals surface area contributed by atoms with E-state index in [1.165, 1.54) is 55.2 Å². The molecule has 150 valence electrons. The molecule has 3 aliphatic rings. The van der Waals surface area contributed by atoms with E-state index < -0.39 is 0 Å². The SMILES string of the molecule is CCCCCCCCN=C1C=CC(=C2C=Cc3c(ccc4c3C=CCC4)O2)C=C1. The largest absolute Gasteiger partial charge is 0.456 e. The van der Waals surface area contributed by atoms with Crippen LogP contribution in [-0.2, 0) is 6.42 Å². The number of nitrogens with zero attached hydrogens (tertiary/aromatic N) is 1. The van der Waals surface area contributed by atoms with Crippen LogP contribution in [0.3, 0.4) is 0 Å². The van der Waals surface area contributed by atoms with Gasteiger partial charge in [0.2, 0.25) is 0 Å². The van der Waals surface area contributed by atoms with Gasteiger partial charge in [-0.25, -0.2) is 0 Å². The Morgan fingerprint density at radius 3 is 2.52 bits per heavy atom. The Labute approximate surface area is 175 Å². The Hall–Kier alpha value is -2.61. The normalized spacial score (nSPS) is 16.7. The quantitative estimate of drug-likeness (QED) is 0.454. The third-order valence-electron chi connectivity index (χ3n) is 5.78. The lowest BCUT2D eigenvalue weighted by molar-refractivity contribution is 0.436. The summed E-state index contributed by atoms with van der Waals surface area (Å²) >= 11 is 0. The topological polar surface area (TPSA) is 21.6 Å². The second kappa shape index (κ2) is 9.73. The first-order chi connectivity index (χ1) is 14.3. The fourth-order valence-electron chi connectivity index (χ4n) is 4.08. The van der Waals surface area contributed by atoms with Crippen LogP contribution < -0.4 is 4.74 Å². The maximum Gasteiger partial charge on any atom is 0.135 e. The summed E-state index contributed by atoms with van der Waals surface area (Å²) in [5, 5.41) is 0. The van der Waals surface area contributed by atoms with E-state index in [1.54, 1.807) is 0 Å². The Kier molecular flexibility index (Phi) is 6.61. The maximum atomic E-state index is 6.23. The van der Waals surface area contributed by atoms with Gasteiger partial charge in [-0.1, -0.05) is 57.2 Å². The van der Waals surface area contributed by atoms with Crippen molar-refractivity contribution in [3.05, 3.63) is 76.6 Å². The van der Waals surface area contributed by atoms with E-state index in [9.17, 15) is 0 Å². The summed E-state index contributed by atoms with van der Waals surface area (Å²) in [7, 11) is 0. The van der Waals surface area contributed by atoms with Gasteiger partial charge in [0.25, 0.3) is 0 Å². The molecule has 29 heavy (non-hydrogen) atoms. The van der Waals surface area contributed by atoms with Gasteiger partial charge >= 0.3 is 0 Å². The highest BCUT2D eigenvalue weighted by Crippen LogP contribution is 2.36. The molecule has 0 saturated carbocycles. The zero-order chi connectivity index (χ0) is 19.9. The first kappa shape index (κ1) is 19.7. The zero-order valence-electron chi connectivity index (χ0n) is 17.5. The van der Waals surface area contributed by atoms with Crippen molar-refractivity contribution < 1.29 is 4.74 Å². The van der Waals surface area contributed by atoms with Gasteiger partial charge in [0.05, 0.1) is 5.71 Å². The van der Waals surface area contributed by atoms with Crippen molar-refractivity contribution in [1.82, 2.24) is 0 Å². The number of rotatable bonds is 7. The number of aliphatic imine (C=N–C) groups is 1. The number of hydrogen-bond donors (Lipinski definition) is 0. The summed E-state index contributed by atoms with van der Waals surface area (Å²) in [6.07, 6.45) is 27.3. The summed E-state index contributed by atoms with van der Waals surface area (Å²) in [6.45, 7) is 3.18. The van der Waals surface area contributed by atoms with E-state index in [0.717, 1.165) is 42.2 Å². The molecular weight excluding hydrogens is 354 g/mol. The molecule has 0 bridgehead atoms. The minimum atomic E-state index is 0.903. The average molecular weight is 386 g/mol. The molecule has 2 nitrogen and oxygen atoms in total. The van der Waals surface area contributed by atoms with Crippen molar-refractivity contribution in [3.8, 4) is 5.75 Å². The number of fused-ring (bicyclic) bond motifs is 3. The molecule has 0 radical (unpaired) electrons. The van der Waals surface area contributed by atoms with Crippen molar-refractivity contribution >= 4 is 17.9 Å². The van der Waals surface area contributed by atoms with Crippen LogP contribution in [-0.4, -0.2) is 12.3 Å². The van der Waals surface area contributed by atoms with Crippen LogP contribution in [0.4, 0.5) is 0 Å². The van der Waals surface area contributed by atoms with Crippen LogP contribution in [0.15, 0.2) is 64.9 Å². The Balaban J connectivity index is 1.37. The minimum Gasteiger partial charge on any atom is -0.456 e. The highest BCUT2D eigenvalue weighted by atomic mass is 16.5. The first-order valence-electron chi connectivity index (χ1n) is 11.2. The van der Waals surface area contributed by atoms with Crippen LogP contribution in [0.5, 0.6) is 5.75 Å². The fraction of sp³-hybridized carbons (Fsp3) is 0.370. The van der Waals surface area contributed by atoms with E-state index in [0.29, 0.717) is 0 Å². The maximum absolute atomic E-state index is 6.23. The monoisotopic (exact) mass is 385 g/mol. The van der Waals surface area contributed by atoms with Gasteiger partial charge in [0, 0.05) is 17.7 Å². The van der Waals surface area contributed by atoms with E-state index in [1.807, 2.05) is 0 Å². The molecule has 0 saturated heterocycles. The molecule has 0 atom stereocenters. The Morgan fingerprint density at radius 1 is 0.828 bits per heavy atom. The van der Waals surface area contributed by atoms with Crippen LogP contribution in [0, 0.1) is 0 Å². The molecular formula is C27H31NO. The van der Waals surface area contributed by atoms with Crippen LogP contribution >= 0.6 is 0 Å². The molecule has 0 aromatic heterocycles. The summed E-state index contributed by atoms with van der Waals surface area (Å²) in [5.41, 5.74) is 6.08. The molecule has 1 aromatic carbocycles. The van der Waals surface area contributed by atoms with Crippen LogP contribution in [0.25, 0.3) is 12.2 Å². The standard InChI is InChI=1S/C27H31NO/c1-2-3-4-5-6-9-20-28-23-15-12-22(13-16-23)26-19-17-25-24-11-8-7-10-21(24)14-18-27(25)29-26/h8,11-19H,2-7,9-10,20H2,1H3. The van der Waals surface area contributed by atoms with Gasteiger partial charge in [-0.15, -0.1) is 0 Å². The van der Waals surface area contributed by atoms with E-state index >= 15 is 0 Å². The predicted molar refractivity (Wildman–Crippen MR) is 124 cm³/mol. The van der Waals surface area contributed by atoms with E-state index in [2.05, 4.69) is 67.7 Å². The van der Waals surface area contributed by atoms with E-state index in [4.69, 9.17) is 9.73 Å². The molecule has 0 N–H and O–H groups in total. The summed E-state index contributed by atoms with van der Waals surface area (Å²) in [5.74, 6) is 1.85. The lowest BCUT2D eigenvalue weighted by Gasteiger charge is -2.21. The Morgan fingerprint density at radius 2 is 1.66 bits per heavy atom. The first-order valence-corrected chi connectivity index (χ1v) is 11.2. The predicted octanol–water partition coefficient (Wildman–Crippen LogP) is 7.23. The minimum absolute atomic E-state index is 0.903. The average Bonchev–Trinajstić information content (AvgIpc) is 2.78. The summed E-state index contributed by atoms with van der Waals surface area (Å²) < 4.78 is 6.23. The highest BCUT2D eigenvalue weighted by molar-refractivity contribution is 6.06. The van der Waals surface area contributed by atoms with Crippen molar-refractivity contribution in [2.75, 3.05) is 6.54 Å². The van der Waals surface area contributed by atoms with Crippen molar-refractivity contribution in [1.29, 1.82) is 0 Å². The number of allylic oxidation sites excluding steroid dienone is 7. The van der Waals surface area contributed by atoms with Crippen LogP contribution in [0.1, 0.15) is 68.6 Å². The second-order valence-corrected chi connectivity index (χ2v) is 7.99. The molecule has 0 spiro atoms. The van der Waals surface area contributed by atoms with Gasteiger partial charge in [0.15, 0.2) is 0 Å². The van der Waals surface area contributed by atoms with Gasteiger partial charge in [-0.05, 0) is 72.9 Å². The van der Waals surface area contributed by atoms with Gasteiger partial charge < -0.3 is 4.74 Å². The molecule has 2 aliphatic carbocycles. The lowest BCUT2D eigenvalue weighted by Crippen LogP contribution is -2.07. The molecule has 2 heteroatoms. The molecule has 1 aliphatic heterocycles. The molecule has 0 unspecified atom stereocenters. The number of hydrogen-bond acceptors (Lipinski definition) is 2. The van der Waals surface area contributed by atoms with Crippen molar-refractivity contribution in [2.24, 2.45) is 4.99 Å². The molecule has 1 aromatic rings. The summed E-state index contributed by atoms with van der Waals surface area (Å²) in [6, 6.07) is 4.32.